The first-order chi connectivity index (χ1) is 8.16. The van der Waals surface area contributed by atoms with Crippen LogP contribution in [0.4, 0.5) is 0 Å². The molecule has 0 saturated carbocycles. The molecular weight excluding hydrogens is 216 g/mol. The van der Waals surface area contributed by atoms with E-state index in [4.69, 9.17) is 5.73 Å². The summed E-state index contributed by atoms with van der Waals surface area (Å²) >= 11 is 0. The smallest absolute Gasteiger partial charge is 0.221 e. The standard InChI is InChI=1S/C13H18N2O2/c14-13(17)11-6-7-12(16)15(9-11)8-10-4-2-1-3-5-10/h1-5,11-12,16H,6-9H2,(H2,14,17). The number of primary amides is 1. The molecule has 0 aromatic heterocycles. The van der Waals surface area contributed by atoms with E-state index in [2.05, 4.69) is 0 Å². The van der Waals surface area contributed by atoms with Gasteiger partial charge in [0.25, 0.3) is 0 Å². The Morgan fingerprint density at radius 1 is 1.35 bits per heavy atom. The van der Waals surface area contributed by atoms with Crippen molar-refractivity contribution in [2.24, 2.45) is 11.7 Å². The third-order valence-corrected chi connectivity index (χ3v) is 3.28. The topological polar surface area (TPSA) is 66.6 Å². The van der Waals surface area contributed by atoms with E-state index in [0.717, 1.165) is 5.56 Å². The molecule has 0 radical (unpaired) electrons. The van der Waals surface area contributed by atoms with Crippen LogP contribution < -0.4 is 5.73 Å². The van der Waals surface area contributed by atoms with Crippen molar-refractivity contribution < 1.29 is 9.90 Å². The summed E-state index contributed by atoms with van der Waals surface area (Å²) in [5, 5.41) is 9.90. The summed E-state index contributed by atoms with van der Waals surface area (Å²) in [5.74, 6) is -0.405. The molecule has 2 unspecified atom stereocenters. The Labute approximate surface area is 101 Å². The van der Waals surface area contributed by atoms with Crippen LogP contribution in [0.15, 0.2) is 30.3 Å². The van der Waals surface area contributed by atoms with Crippen LogP contribution in [0.5, 0.6) is 0 Å². The van der Waals surface area contributed by atoms with Crippen molar-refractivity contribution >= 4 is 5.91 Å². The quantitative estimate of drug-likeness (QED) is 0.809. The second-order valence-corrected chi connectivity index (χ2v) is 4.57. The normalized spacial score (nSPS) is 25.7. The highest BCUT2D eigenvalue weighted by Gasteiger charge is 2.29. The number of hydrogen-bond acceptors (Lipinski definition) is 3. The molecule has 0 bridgehead atoms. The minimum Gasteiger partial charge on any atom is -0.378 e. The highest BCUT2D eigenvalue weighted by molar-refractivity contribution is 5.76. The number of piperidine rings is 1. The number of nitrogens with two attached hydrogens (primary N) is 1. The maximum absolute atomic E-state index is 11.2. The summed E-state index contributed by atoms with van der Waals surface area (Å²) in [6.07, 6.45) is 0.827. The Balaban J connectivity index is 2.01. The van der Waals surface area contributed by atoms with E-state index >= 15 is 0 Å². The van der Waals surface area contributed by atoms with E-state index in [1.165, 1.54) is 0 Å². The fraction of sp³-hybridized carbons (Fsp3) is 0.462. The van der Waals surface area contributed by atoms with Gasteiger partial charge in [0.15, 0.2) is 0 Å². The molecule has 2 rings (SSSR count). The number of hydrogen-bond donors (Lipinski definition) is 2. The number of benzene rings is 1. The van der Waals surface area contributed by atoms with Crippen molar-refractivity contribution in [1.82, 2.24) is 4.90 Å². The number of aliphatic hydroxyl groups excluding tert-OH is 1. The minimum atomic E-state index is -0.467. The number of likely N-dealkylation sites (tertiary alicyclic amines) is 1. The van der Waals surface area contributed by atoms with Gasteiger partial charge in [0, 0.05) is 13.1 Å². The van der Waals surface area contributed by atoms with Gasteiger partial charge in [0.1, 0.15) is 6.23 Å². The van der Waals surface area contributed by atoms with Crippen LogP contribution in [0.3, 0.4) is 0 Å². The van der Waals surface area contributed by atoms with Crippen LogP contribution >= 0.6 is 0 Å². The second-order valence-electron chi connectivity index (χ2n) is 4.57. The average molecular weight is 234 g/mol. The number of aliphatic hydroxyl groups is 1. The highest BCUT2D eigenvalue weighted by Crippen LogP contribution is 2.22. The summed E-state index contributed by atoms with van der Waals surface area (Å²) in [4.78, 5) is 13.1. The summed E-state index contributed by atoms with van der Waals surface area (Å²) in [6.45, 7) is 1.21. The van der Waals surface area contributed by atoms with Crippen molar-refractivity contribution in [3.8, 4) is 0 Å². The van der Waals surface area contributed by atoms with E-state index in [0.29, 0.717) is 25.9 Å². The van der Waals surface area contributed by atoms with Crippen LogP contribution in [0.25, 0.3) is 0 Å². The molecular formula is C13H18N2O2. The highest BCUT2D eigenvalue weighted by atomic mass is 16.3. The number of amides is 1. The van der Waals surface area contributed by atoms with Gasteiger partial charge < -0.3 is 10.8 Å². The SMILES string of the molecule is NC(=O)C1CCC(O)N(Cc2ccccc2)C1. The van der Waals surface area contributed by atoms with Crippen molar-refractivity contribution in [2.75, 3.05) is 6.54 Å². The molecule has 3 N–H and O–H groups in total. The lowest BCUT2D eigenvalue weighted by Gasteiger charge is -2.35. The molecule has 1 amide bonds. The van der Waals surface area contributed by atoms with Crippen LogP contribution in [0.1, 0.15) is 18.4 Å². The lowest BCUT2D eigenvalue weighted by molar-refractivity contribution is -0.127. The summed E-state index contributed by atoms with van der Waals surface area (Å²) in [6, 6.07) is 9.93. The molecule has 1 aromatic rings. The van der Waals surface area contributed by atoms with E-state index in [-0.39, 0.29) is 11.8 Å². The van der Waals surface area contributed by atoms with Gasteiger partial charge in [-0.15, -0.1) is 0 Å². The maximum Gasteiger partial charge on any atom is 0.221 e. The molecule has 1 heterocycles. The van der Waals surface area contributed by atoms with Gasteiger partial charge in [0.2, 0.25) is 5.91 Å². The van der Waals surface area contributed by atoms with Crippen molar-refractivity contribution in [3.05, 3.63) is 35.9 Å². The molecule has 17 heavy (non-hydrogen) atoms. The predicted octanol–water partition coefficient (Wildman–Crippen LogP) is 0.702. The first-order valence-corrected chi connectivity index (χ1v) is 5.92. The molecule has 1 saturated heterocycles. The first-order valence-electron chi connectivity index (χ1n) is 5.92. The van der Waals surface area contributed by atoms with Crippen LogP contribution in [0.2, 0.25) is 0 Å². The van der Waals surface area contributed by atoms with Gasteiger partial charge in [-0.1, -0.05) is 30.3 Å². The molecule has 0 spiro atoms. The Kier molecular flexibility index (Phi) is 3.76. The molecule has 1 aliphatic heterocycles. The first kappa shape index (κ1) is 12.1. The minimum absolute atomic E-state index is 0.137. The van der Waals surface area contributed by atoms with E-state index in [1.54, 1.807) is 0 Å². The molecule has 0 aliphatic carbocycles. The van der Waals surface area contributed by atoms with E-state index < -0.39 is 6.23 Å². The van der Waals surface area contributed by atoms with Gasteiger partial charge in [0.05, 0.1) is 5.92 Å². The van der Waals surface area contributed by atoms with Gasteiger partial charge in [-0.25, -0.2) is 0 Å². The van der Waals surface area contributed by atoms with Gasteiger partial charge >= 0.3 is 0 Å². The zero-order valence-corrected chi connectivity index (χ0v) is 9.75. The van der Waals surface area contributed by atoms with Crippen LogP contribution in [-0.2, 0) is 11.3 Å². The van der Waals surface area contributed by atoms with Gasteiger partial charge in [-0.05, 0) is 18.4 Å². The Bertz CT molecular complexity index is 380. The fourth-order valence-corrected chi connectivity index (χ4v) is 2.25. The molecule has 4 nitrogen and oxygen atoms in total. The number of nitrogens with zero attached hydrogens (tertiary/aromatic N) is 1. The average Bonchev–Trinajstić information content (AvgIpc) is 2.33. The zero-order valence-electron chi connectivity index (χ0n) is 9.75. The molecule has 92 valence electrons. The number of carbonyl (C=O) groups is 1. The lowest BCUT2D eigenvalue weighted by Crippen LogP contribution is -2.46. The second kappa shape index (κ2) is 5.29. The lowest BCUT2D eigenvalue weighted by atomic mass is 9.96. The third-order valence-electron chi connectivity index (χ3n) is 3.28. The van der Waals surface area contributed by atoms with Crippen molar-refractivity contribution in [2.45, 2.75) is 25.6 Å². The van der Waals surface area contributed by atoms with Crippen molar-refractivity contribution in [1.29, 1.82) is 0 Å². The molecule has 1 aliphatic rings. The van der Waals surface area contributed by atoms with Crippen LogP contribution in [0, 0.1) is 5.92 Å². The fourth-order valence-electron chi connectivity index (χ4n) is 2.25. The van der Waals surface area contributed by atoms with E-state index in [1.807, 2.05) is 35.2 Å². The molecule has 4 heteroatoms. The van der Waals surface area contributed by atoms with Gasteiger partial charge in [-0.3, -0.25) is 9.69 Å². The summed E-state index contributed by atoms with van der Waals surface area (Å²) < 4.78 is 0. The van der Waals surface area contributed by atoms with Crippen molar-refractivity contribution in [3.63, 3.8) is 0 Å². The maximum atomic E-state index is 11.2. The van der Waals surface area contributed by atoms with Crippen LogP contribution in [-0.4, -0.2) is 28.7 Å². The largest absolute Gasteiger partial charge is 0.378 e. The Morgan fingerprint density at radius 3 is 2.71 bits per heavy atom. The third kappa shape index (κ3) is 3.05. The van der Waals surface area contributed by atoms with Gasteiger partial charge in [-0.2, -0.15) is 0 Å². The summed E-state index contributed by atoms with van der Waals surface area (Å²) in [5.41, 5.74) is 6.46. The number of carbonyl (C=O) groups excluding carboxylic acids is 1. The molecule has 2 atom stereocenters. The number of rotatable bonds is 3. The summed E-state index contributed by atoms with van der Waals surface area (Å²) in [7, 11) is 0. The zero-order chi connectivity index (χ0) is 12.3. The molecule has 1 fully saturated rings. The monoisotopic (exact) mass is 234 g/mol. The van der Waals surface area contributed by atoms with E-state index in [9.17, 15) is 9.90 Å². The Morgan fingerprint density at radius 2 is 2.06 bits per heavy atom. The molecule has 1 aromatic carbocycles. The predicted molar refractivity (Wildman–Crippen MR) is 64.8 cm³/mol. The Hall–Kier alpha value is -1.39.